The van der Waals surface area contributed by atoms with Crippen LogP contribution in [0.4, 0.5) is 10.6 Å². The average molecular weight is 391 g/mol. The van der Waals surface area contributed by atoms with Gasteiger partial charge < -0.3 is 15.4 Å². The second kappa shape index (κ2) is 8.73. The summed E-state index contributed by atoms with van der Waals surface area (Å²) in [5.41, 5.74) is 1.05. The maximum atomic E-state index is 12.9. The monoisotopic (exact) mass is 391 g/mol. The molecule has 0 spiro atoms. The fourth-order valence-corrected chi connectivity index (χ4v) is 2.86. The van der Waals surface area contributed by atoms with Gasteiger partial charge in [0.25, 0.3) is 0 Å². The van der Waals surface area contributed by atoms with E-state index >= 15 is 0 Å². The van der Waals surface area contributed by atoms with E-state index in [9.17, 15) is 9.59 Å². The van der Waals surface area contributed by atoms with E-state index < -0.39 is 17.7 Å². The summed E-state index contributed by atoms with van der Waals surface area (Å²) in [4.78, 5) is 29.7. The first-order valence-corrected chi connectivity index (χ1v) is 9.50. The Balaban J connectivity index is 1.77. The van der Waals surface area contributed by atoms with Gasteiger partial charge in [0.2, 0.25) is 5.91 Å². The fraction of sp³-hybridized carbons (Fsp3) is 0.261. The van der Waals surface area contributed by atoms with Gasteiger partial charge in [0, 0.05) is 11.8 Å². The Kier molecular flexibility index (Phi) is 6.12. The Morgan fingerprint density at radius 1 is 0.966 bits per heavy atom. The highest BCUT2D eigenvalue weighted by atomic mass is 16.6. The number of hydrogen-bond donors (Lipinski definition) is 2. The molecular weight excluding hydrogens is 366 g/mol. The fourth-order valence-electron chi connectivity index (χ4n) is 2.86. The van der Waals surface area contributed by atoms with Crippen LogP contribution in [-0.2, 0) is 16.0 Å². The number of carbonyl (C=O) groups excluding carboxylic acids is 2. The Hall–Kier alpha value is -3.41. The van der Waals surface area contributed by atoms with E-state index in [1.165, 1.54) is 0 Å². The number of aromatic nitrogens is 1. The minimum Gasteiger partial charge on any atom is -0.444 e. The van der Waals surface area contributed by atoms with E-state index in [0.29, 0.717) is 12.2 Å². The van der Waals surface area contributed by atoms with Crippen molar-refractivity contribution in [1.82, 2.24) is 10.3 Å². The summed E-state index contributed by atoms with van der Waals surface area (Å²) >= 11 is 0. The van der Waals surface area contributed by atoms with Crippen molar-refractivity contribution in [3.05, 3.63) is 72.3 Å². The van der Waals surface area contributed by atoms with Crippen molar-refractivity contribution in [2.24, 2.45) is 0 Å². The highest BCUT2D eigenvalue weighted by Crippen LogP contribution is 2.15. The van der Waals surface area contributed by atoms with E-state index in [2.05, 4.69) is 15.6 Å². The maximum Gasteiger partial charge on any atom is 0.408 e. The Morgan fingerprint density at radius 3 is 2.38 bits per heavy atom. The van der Waals surface area contributed by atoms with Crippen LogP contribution < -0.4 is 10.6 Å². The van der Waals surface area contributed by atoms with Crippen molar-refractivity contribution in [2.75, 3.05) is 5.32 Å². The predicted octanol–water partition coefficient (Wildman–Crippen LogP) is 4.31. The summed E-state index contributed by atoms with van der Waals surface area (Å²) in [6.07, 6.45) is -0.306. The molecular formula is C23H25N3O3. The molecule has 1 atom stereocenters. The van der Waals surface area contributed by atoms with Gasteiger partial charge in [-0.15, -0.1) is 0 Å². The van der Waals surface area contributed by atoms with Crippen molar-refractivity contribution < 1.29 is 14.3 Å². The number of amides is 2. The summed E-state index contributed by atoms with van der Waals surface area (Å²) in [6, 6.07) is 20.0. The molecule has 1 heterocycles. The molecule has 6 heteroatoms. The van der Waals surface area contributed by atoms with Crippen LogP contribution in [0.25, 0.3) is 10.9 Å². The van der Waals surface area contributed by atoms with Gasteiger partial charge in [-0.25, -0.2) is 9.78 Å². The third-order valence-electron chi connectivity index (χ3n) is 4.14. The molecule has 0 aliphatic heterocycles. The number of nitrogens with zero attached hydrogens (tertiary/aromatic N) is 1. The molecule has 3 aromatic rings. The molecule has 0 aliphatic carbocycles. The zero-order valence-corrected chi connectivity index (χ0v) is 16.8. The topological polar surface area (TPSA) is 80.3 Å². The Morgan fingerprint density at radius 2 is 1.66 bits per heavy atom. The van der Waals surface area contributed by atoms with Crippen LogP contribution in [0.3, 0.4) is 0 Å². The van der Waals surface area contributed by atoms with Crippen LogP contribution in [0.2, 0.25) is 0 Å². The second-order valence-electron chi connectivity index (χ2n) is 7.77. The maximum absolute atomic E-state index is 12.9. The Labute approximate surface area is 170 Å². The number of nitrogens with one attached hydrogen (secondary N) is 2. The number of alkyl carbamates (subject to hydrolysis) is 1. The molecule has 0 radical (unpaired) electrons. The van der Waals surface area contributed by atoms with Gasteiger partial charge in [-0.05, 0) is 44.5 Å². The second-order valence-corrected chi connectivity index (χ2v) is 7.77. The lowest BCUT2D eigenvalue weighted by molar-refractivity contribution is -0.118. The molecule has 3 rings (SSSR count). The number of benzene rings is 2. The predicted molar refractivity (Wildman–Crippen MR) is 114 cm³/mol. The smallest absolute Gasteiger partial charge is 0.408 e. The highest BCUT2D eigenvalue weighted by Gasteiger charge is 2.25. The summed E-state index contributed by atoms with van der Waals surface area (Å²) in [6.45, 7) is 5.33. The number of fused-ring (bicyclic) bond motifs is 1. The van der Waals surface area contributed by atoms with Crippen molar-refractivity contribution in [1.29, 1.82) is 0 Å². The van der Waals surface area contributed by atoms with E-state index in [-0.39, 0.29) is 5.91 Å². The molecule has 1 aromatic heterocycles. The van der Waals surface area contributed by atoms with Crippen LogP contribution >= 0.6 is 0 Å². The van der Waals surface area contributed by atoms with E-state index in [0.717, 1.165) is 16.5 Å². The lowest BCUT2D eigenvalue weighted by atomic mass is 10.1. The molecule has 0 bridgehead atoms. The summed E-state index contributed by atoms with van der Waals surface area (Å²) in [7, 11) is 0. The third kappa shape index (κ3) is 6.04. The van der Waals surface area contributed by atoms with E-state index in [4.69, 9.17) is 4.74 Å². The molecule has 2 N–H and O–H groups in total. The zero-order chi connectivity index (χ0) is 20.9. The molecule has 150 valence electrons. The van der Waals surface area contributed by atoms with Crippen molar-refractivity contribution in [2.45, 2.75) is 38.8 Å². The highest BCUT2D eigenvalue weighted by molar-refractivity contribution is 5.97. The van der Waals surface area contributed by atoms with Crippen molar-refractivity contribution >= 4 is 28.7 Å². The van der Waals surface area contributed by atoms with Gasteiger partial charge in [-0.2, -0.15) is 0 Å². The molecule has 6 nitrogen and oxygen atoms in total. The molecule has 0 unspecified atom stereocenters. The zero-order valence-electron chi connectivity index (χ0n) is 16.8. The number of ether oxygens (including phenoxy) is 1. The third-order valence-corrected chi connectivity index (χ3v) is 4.14. The summed E-state index contributed by atoms with van der Waals surface area (Å²) < 4.78 is 5.32. The number of rotatable bonds is 5. The van der Waals surface area contributed by atoms with E-state index in [1.54, 1.807) is 26.8 Å². The molecule has 0 saturated heterocycles. The number of hydrogen-bond acceptors (Lipinski definition) is 4. The van der Waals surface area contributed by atoms with Gasteiger partial charge in [-0.1, -0.05) is 48.5 Å². The molecule has 2 amide bonds. The minimum absolute atomic E-state index is 0.333. The van der Waals surface area contributed by atoms with Gasteiger partial charge >= 0.3 is 6.09 Å². The van der Waals surface area contributed by atoms with Gasteiger partial charge in [-0.3, -0.25) is 4.79 Å². The first-order valence-electron chi connectivity index (χ1n) is 9.50. The van der Waals surface area contributed by atoms with Crippen LogP contribution in [0.15, 0.2) is 66.7 Å². The molecule has 29 heavy (non-hydrogen) atoms. The number of carbonyl (C=O) groups is 2. The standard InChI is InChI=1S/C23H25N3O3/c1-23(2,3)29-22(28)25-19(15-16-9-5-4-6-10-16)21(27)26-20-14-13-17-11-7-8-12-18(17)24-20/h4-14,19H,15H2,1-3H3,(H,25,28)(H,24,26,27)/t19-/m0/s1. The van der Waals surface area contributed by atoms with Crippen LogP contribution in [0, 0.1) is 0 Å². The first-order chi connectivity index (χ1) is 13.8. The van der Waals surface area contributed by atoms with E-state index in [1.807, 2.05) is 60.7 Å². The largest absolute Gasteiger partial charge is 0.444 e. The summed E-state index contributed by atoms with van der Waals surface area (Å²) in [5, 5.41) is 6.46. The minimum atomic E-state index is -0.805. The molecule has 2 aromatic carbocycles. The lowest BCUT2D eigenvalue weighted by Crippen LogP contribution is -2.47. The lowest BCUT2D eigenvalue weighted by Gasteiger charge is -2.23. The van der Waals surface area contributed by atoms with Crippen LogP contribution in [-0.4, -0.2) is 28.6 Å². The quantitative estimate of drug-likeness (QED) is 0.679. The van der Waals surface area contributed by atoms with Gasteiger partial charge in [0.05, 0.1) is 5.52 Å². The summed E-state index contributed by atoms with van der Waals surface area (Å²) in [5.74, 6) is 0.0697. The Bertz CT molecular complexity index is 997. The number of anilines is 1. The van der Waals surface area contributed by atoms with Crippen LogP contribution in [0.1, 0.15) is 26.3 Å². The van der Waals surface area contributed by atoms with Gasteiger partial charge in [0.1, 0.15) is 17.5 Å². The molecule has 0 fully saturated rings. The van der Waals surface area contributed by atoms with Crippen molar-refractivity contribution in [3.63, 3.8) is 0 Å². The van der Waals surface area contributed by atoms with Gasteiger partial charge in [0.15, 0.2) is 0 Å². The average Bonchev–Trinajstić information content (AvgIpc) is 2.66. The van der Waals surface area contributed by atoms with Crippen molar-refractivity contribution in [3.8, 4) is 0 Å². The molecule has 0 aliphatic rings. The number of pyridine rings is 1. The molecule has 0 saturated carbocycles. The number of para-hydroxylation sites is 1. The van der Waals surface area contributed by atoms with Crippen LogP contribution in [0.5, 0.6) is 0 Å². The SMILES string of the molecule is CC(C)(C)OC(=O)N[C@@H](Cc1ccccc1)C(=O)Nc1ccc2ccccc2n1. The normalized spacial score (nSPS) is 12.2. The first kappa shape index (κ1) is 20.3.